The highest BCUT2D eigenvalue weighted by molar-refractivity contribution is 8.15. The summed E-state index contributed by atoms with van der Waals surface area (Å²) in [5, 5.41) is 0.273. The summed E-state index contributed by atoms with van der Waals surface area (Å²) < 4.78 is 0. The average molecular weight is 136 g/mol. The van der Waals surface area contributed by atoms with Crippen LogP contribution in [-0.4, -0.2) is 10.6 Å². The third-order valence-corrected chi connectivity index (χ3v) is 1.81. The summed E-state index contributed by atoms with van der Waals surface area (Å²) in [5.74, 6) is 0. The van der Waals surface area contributed by atoms with E-state index in [2.05, 4.69) is 9.24 Å². The minimum absolute atomic E-state index is 0.273. The SMILES string of the molecule is CCC(=O)SCP. The standard InChI is InChI=1S/C4H9OPS/c1-2-4(5)7-3-6/h2-3,6H2,1H3. The molecule has 1 unspecified atom stereocenters. The van der Waals surface area contributed by atoms with Crippen LogP contribution in [-0.2, 0) is 4.79 Å². The fourth-order valence-corrected chi connectivity index (χ4v) is 1.14. The van der Waals surface area contributed by atoms with Crippen molar-refractivity contribution in [2.45, 2.75) is 13.3 Å². The lowest BCUT2D eigenvalue weighted by molar-refractivity contribution is -0.110. The first kappa shape index (κ1) is 7.45. The predicted octanol–water partition coefficient (Wildman–Crippen LogP) is 1.49. The van der Waals surface area contributed by atoms with Crippen LogP contribution in [0.15, 0.2) is 0 Å². The molecule has 0 aromatic heterocycles. The summed E-state index contributed by atoms with van der Waals surface area (Å²) in [6.45, 7) is 1.87. The molecular weight excluding hydrogens is 127 g/mol. The largest absolute Gasteiger partial charge is 0.287 e. The van der Waals surface area contributed by atoms with Crippen LogP contribution in [0.25, 0.3) is 0 Å². The minimum atomic E-state index is 0.273. The molecule has 0 amide bonds. The fourth-order valence-electron chi connectivity index (χ4n) is 0.195. The smallest absolute Gasteiger partial charge is 0.188 e. The van der Waals surface area contributed by atoms with Gasteiger partial charge in [-0.25, -0.2) is 0 Å². The number of hydrogen-bond acceptors (Lipinski definition) is 2. The lowest BCUT2D eigenvalue weighted by atomic mass is 10.6. The number of thioether (sulfide) groups is 1. The molecule has 0 bridgehead atoms. The van der Waals surface area contributed by atoms with Crippen molar-refractivity contribution in [1.29, 1.82) is 0 Å². The predicted molar refractivity (Wildman–Crippen MR) is 37.5 cm³/mol. The molecule has 1 atom stereocenters. The molecule has 0 saturated heterocycles. The van der Waals surface area contributed by atoms with Crippen molar-refractivity contribution < 1.29 is 4.79 Å². The Kier molecular flexibility index (Phi) is 4.90. The van der Waals surface area contributed by atoms with Gasteiger partial charge in [0.05, 0.1) is 0 Å². The molecular formula is C4H9OPS. The Hall–Kier alpha value is 0.450. The second-order valence-corrected chi connectivity index (χ2v) is 3.11. The molecule has 0 spiro atoms. The van der Waals surface area contributed by atoms with E-state index < -0.39 is 0 Å². The molecule has 0 aliphatic heterocycles. The molecule has 0 saturated carbocycles. The van der Waals surface area contributed by atoms with Gasteiger partial charge in [0, 0.05) is 11.9 Å². The van der Waals surface area contributed by atoms with E-state index in [-0.39, 0.29) is 5.12 Å². The first-order chi connectivity index (χ1) is 3.31. The zero-order valence-corrected chi connectivity index (χ0v) is 6.28. The van der Waals surface area contributed by atoms with Gasteiger partial charge in [-0.05, 0) is 0 Å². The van der Waals surface area contributed by atoms with Crippen LogP contribution in [0.5, 0.6) is 0 Å². The lowest BCUT2D eigenvalue weighted by Gasteiger charge is -1.86. The van der Waals surface area contributed by atoms with Crippen molar-refractivity contribution in [2.24, 2.45) is 0 Å². The summed E-state index contributed by atoms with van der Waals surface area (Å²) in [7, 11) is 2.49. The average Bonchev–Trinajstić information content (AvgIpc) is 1.68. The molecule has 1 nitrogen and oxygen atoms in total. The molecule has 0 aromatic rings. The maximum Gasteiger partial charge on any atom is 0.188 e. The first-order valence-electron chi connectivity index (χ1n) is 2.17. The Morgan fingerprint density at radius 3 is 2.57 bits per heavy atom. The Balaban J connectivity index is 3.00. The number of carbonyl (C=O) groups is 1. The monoisotopic (exact) mass is 136 g/mol. The molecule has 42 valence electrons. The minimum Gasteiger partial charge on any atom is -0.287 e. The molecule has 0 heterocycles. The summed E-state index contributed by atoms with van der Waals surface area (Å²) in [6.07, 6.45) is 0.652. The van der Waals surface area contributed by atoms with Gasteiger partial charge in [-0.15, -0.1) is 9.24 Å². The maximum atomic E-state index is 10.4. The van der Waals surface area contributed by atoms with E-state index in [1.807, 2.05) is 6.92 Å². The Morgan fingerprint density at radius 2 is 2.43 bits per heavy atom. The van der Waals surface area contributed by atoms with Gasteiger partial charge in [0.15, 0.2) is 5.12 Å². The zero-order valence-electron chi connectivity index (χ0n) is 4.31. The van der Waals surface area contributed by atoms with E-state index >= 15 is 0 Å². The number of carbonyl (C=O) groups excluding carboxylic acids is 1. The van der Waals surface area contributed by atoms with Gasteiger partial charge in [0.25, 0.3) is 0 Å². The Labute approximate surface area is 50.4 Å². The van der Waals surface area contributed by atoms with E-state index in [0.717, 1.165) is 5.49 Å². The number of rotatable bonds is 2. The van der Waals surface area contributed by atoms with Crippen LogP contribution in [0, 0.1) is 0 Å². The van der Waals surface area contributed by atoms with Gasteiger partial charge >= 0.3 is 0 Å². The van der Waals surface area contributed by atoms with Crippen molar-refractivity contribution in [2.75, 3.05) is 5.49 Å². The van der Waals surface area contributed by atoms with Crippen LogP contribution >= 0.6 is 21.0 Å². The Bertz CT molecular complexity index is 64.7. The lowest BCUT2D eigenvalue weighted by Crippen LogP contribution is -1.84. The van der Waals surface area contributed by atoms with Gasteiger partial charge in [0.1, 0.15) is 0 Å². The van der Waals surface area contributed by atoms with Gasteiger partial charge in [-0.1, -0.05) is 18.7 Å². The molecule has 0 rings (SSSR count). The number of hydrogen-bond donors (Lipinski definition) is 0. The molecule has 0 aromatic carbocycles. The normalized spacial score (nSPS) is 8.86. The summed E-state index contributed by atoms with van der Waals surface area (Å²) in [5.41, 5.74) is 0.826. The molecule has 7 heavy (non-hydrogen) atoms. The van der Waals surface area contributed by atoms with E-state index in [0.29, 0.717) is 6.42 Å². The van der Waals surface area contributed by atoms with Crippen LogP contribution in [0.2, 0.25) is 0 Å². The highest BCUT2D eigenvalue weighted by atomic mass is 32.2. The van der Waals surface area contributed by atoms with Crippen LogP contribution in [0.4, 0.5) is 0 Å². The zero-order chi connectivity index (χ0) is 5.70. The summed E-state index contributed by atoms with van der Waals surface area (Å²) in [6, 6.07) is 0. The molecule has 0 aliphatic rings. The third-order valence-electron chi connectivity index (χ3n) is 0.533. The van der Waals surface area contributed by atoms with E-state index in [1.165, 1.54) is 11.8 Å². The second-order valence-electron chi connectivity index (χ2n) is 1.04. The molecule has 0 N–H and O–H groups in total. The van der Waals surface area contributed by atoms with E-state index in [4.69, 9.17) is 0 Å². The molecule has 0 radical (unpaired) electrons. The van der Waals surface area contributed by atoms with Crippen molar-refractivity contribution in [3.05, 3.63) is 0 Å². The second kappa shape index (κ2) is 4.61. The van der Waals surface area contributed by atoms with E-state index in [9.17, 15) is 4.79 Å². The highest BCUT2D eigenvalue weighted by Gasteiger charge is 1.92. The van der Waals surface area contributed by atoms with Crippen molar-refractivity contribution >= 4 is 26.1 Å². The van der Waals surface area contributed by atoms with Crippen LogP contribution < -0.4 is 0 Å². The summed E-state index contributed by atoms with van der Waals surface area (Å²) in [4.78, 5) is 10.4. The highest BCUT2D eigenvalue weighted by Crippen LogP contribution is 2.06. The van der Waals surface area contributed by atoms with Crippen molar-refractivity contribution in [3.63, 3.8) is 0 Å². The Morgan fingerprint density at radius 1 is 1.86 bits per heavy atom. The van der Waals surface area contributed by atoms with Crippen LogP contribution in [0.1, 0.15) is 13.3 Å². The molecule has 0 fully saturated rings. The maximum absolute atomic E-state index is 10.4. The van der Waals surface area contributed by atoms with Crippen molar-refractivity contribution in [3.8, 4) is 0 Å². The van der Waals surface area contributed by atoms with Crippen LogP contribution in [0.3, 0.4) is 0 Å². The molecule has 3 heteroatoms. The van der Waals surface area contributed by atoms with Gasteiger partial charge < -0.3 is 0 Å². The quantitative estimate of drug-likeness (QED) is 0.535. The third kappa shape index (κ3) is 4.30. The van der Waals surface area contributed by atoms with E-state index in [1.54, 1.807) is 0 Å². The van der Waals surface area contributed by atoms with Gasteiger partial charge in [-0.3, -0.25) is 4.79 Å². The topological polar surface area (TPSA) is 17.1 Å². The summed E-state index contributed by atoms with van der Waals surface area (Å²) >= 11 is 1.36. The first-order valence-corrected chi connectivity index (χ1v) is 3.97. The van der Waals surface area contributed by atoms with Gasteiger partial charge in [-0.2, -0.15) is 0 Å². The fraction of sp³-hybridized carbons (Fsp3) is 0.750. The van der Waals surface area contributed by atoms with Gasteiger partial charge in [0.2, 0.25) is 0 Å². The van der Waals surface area contributed by atoms with Crippen molar-refractivity contribution in [1.82, 2.24) is 0 Å². The molecule has 0 aliphatic carbocycles.